The molecule has 0 saturated carbocycles. The fraction of sp³-hybridized carbons (Fsp3) is 0. The zero-order valence-corrected chi connectivity index (χ0v) is 10.9. The molecule has 20 heavy (non-hydrogen) atoms. The molecule has 0 saturated heterocycles. The van der Waals surface area contributed by atoms with Crippen molar-refractivity contribution in [2.75, 3.05) is 5.32 Å². The van der Waals surface area contributed by atoms with Gasteiger partial charge >= 0.3 is 0 Å². The van der Waals surface area contributed by atoms with Gasteiger partial charge in [-0.3, -0.25) is 14.7 Å². The van der Waals surface area contributed by atoms with Gasteiger partial charge in [0.1, 0.15) is 5.69 Å². The first-order valence-electron chi connectivity index (χ1n) is 5.69. The van der Waals surface area contributed by atoms with Crippen molar-refractivity contribution < 1.29 is 4.79 Å². The Hall–Kier alpha value is -2.74. The van der Waals surface area contributed by atoms with Crippen LogP contribution in [0.25, 0.3) is 10.6 Å². The van der Waals surface area contributed by atoms with Gasteiger partial charge in [0, 0.05) is 12.1 Å². The van der Waals surface area contributed by atoms with Crippen LogP contribution < -0.4 is 10.9 Å². The van der Waals surface area contributed by atoms with Crippen LogP contribution in [0.2, 0.25) is 0 Å². The molecule has 7 nitrogen and oxygen atoms in total. The van der Waals surface area contributed by atoms with E-state index in [4.69, 9.17) is 0 Å². The maximum absolute atomic E-state index is 11.9. The number of nitrogens with zero attached hydrogens (tertiary/aromatic N) is 2. The summed E-state index contributed by atoms with van der Waals surface area (Å²) in [5.41, 5.74) is 0.580. The summed E-state index contributed by atoms with van der Waals surface area (Å²) in [7, 11) is 0. The van der Waals surface area contributed by atoms with Crippen LogP contribution in [-0.4, -0.2) is 26.3 Å². The van der Waals surface area contributed by atoms with Crippen molar-refractivity contribution in [3.63, 3.8) is 0 Å². The molecule has 0 aliphatic heterocycles. The SMILES string of the molecule is O=C(Nc1cc(-c2cccs2)[nH]n1)c1ccc(=O)[nH]n1. The molecule has 0 unspecified atom stereocenters. The molecule has 100 valence electrons. The van der Waals surface area contributed by atoms with Crippen molar-refractivity contribution in [2.45, 2.75) is 0 Å². The minimum absolute atomic E-state index is 0.116. The molecule has 0 fully saturated rings. The van der Waals surface area contributed by atoms with Crippen LogP contribution in [0.3, 0.4) is 0 Å². The number of amides is 1. The molecule has 3 aromatic rings. The summed E-state index contributed by atoms with van der Waals surface area (Å²) < 4.78 is 0. The predicted molar refractivity (Wildman–Crippen MR) is 74.7 cm³/mol. The molecule has 3 N–H and O–H groups in total. The van der Waals surface area contributed by atoms with Crippen LogP contribution in [0.5, 0.6) is 0 Å². The molecule has 0 bridgehead atoms. The Kier molecular flexibility index (Phi) is 3.13. The third-order valence-corrected chi connectivity index (χ3v) is 3.42. The summed E-state index contributed by atoms with van der Waals surface area (Å²) in [6, 6.07) is 8.20. The monoisotopic (exact) mass is 287 g/mol. The first kappa shape index (κ1) is 12.3. The molecular formula is C12H9N5O2S. The molecule has 8 heteroatoms. The van der Waals surface area contributed by atoms with Gasteiger partial charge in [0.25, 0.3) is 11.5 Å². The van der Waals surface area contributed by atoms with Crippen molar-refractivity contribution >= 4 is 23.1 Å². The second-order valence-corrected chi connectivity index (χ2v) is 4.85. The molecule has 3 heterocycles. The fourth-order valence-corrected chi connectivity index (χ4v) is 2.29. The Balaban J connectivity index is 1.76. The lowest BCUT2D eigenvalue weighted by Crippen LogP contribution is -2.17. The Morgan fingerprint density at radius 1 is 1.20 bits per heavy atom. The van der Waals surface area contributed by atoms with Crippen LogP contribution in [0.4, 0.5) is 5.82 Å². The van der Waals surface area contributed by atoms with E-state index in [0.29, 0.717) is 5.82 Å². The number of aromatic nitrogens is 4. The van der Waals surface area contributed by atoms with E-state index < -0.39 is 5.91 Å². The van der Waals surface area contributed by atoms with Gasteiger partial charge in [-0.2, -0.15) is 10.2 Å². The molecule has 0 aromatic carbocycles. The second-order valence-electron chi connectivity index (χ2n) is 3.90. The number of anilines is 1. The van der Waals surface area contributed by atoms with Gasteiger partial charge in [-0.25, -0.2) is 5.10 Å². The van der Waals surface area contributed by atoms with E-state index in [1.165, 1.54) is 12.1 Å². The number of nitrogens with one attached hydrogen (secondary N) is 3. The van der Waals surface area contributed by atoms with Gasteiger partial charge in [0.05, 0.1) is 10.6 Å². The van der Waals surface area contributed by atoms with Crippen molar-refractivity contribution in [3.8, 4) is 10.6 Å². The van der Waals surface area contributed by atoms with Crippen LogP contribution in [0, 0.1) is 0 Å². The van der Waals surface area contributed by atoms with Crippen LogP contribution >= 0.6 is 11.3 Å². The molecule has 0 aliphatic rings. The highest BCUT2D eigenvalue weighted by Crippen LogP contribution is 2.24. The maximum atomic E-state index is 11.9. The molecule has 3 aromatic heterocycles. The molecule has 0 radical (unpaired) electrons. The largest absolute Gasteiger partial charge is 0.304 e. The van der Waals surface area contributed by atoms with Crippen LogP contribution in [-0.2, 0) is 0 Å². The lowest BCUT2D eigenvalue weighted by molar-refractivity contribution is 0.102. The van der Waals surface area contributed by atoms with Gasteiger partial charge < -0.3 is 5.32 Å². The zero-order chi connectivity index (χ0) is 13.9. The van der Waals surface area contributed by atoms with Crippen LogP contribution in [0.1, 0.15) is 10.5 Å². The third-order valence-electron chi connectivity index (χ3n) is 2.52. The maximum Gasteiger partial charge on any atom is 0.277 e. The van der Waals surface area contributed by atoms with Crippen LogP contribution in [0.15, 0.2) is 40.5 Å². The summed E-state index contributed by atoms with van der Waals surface area (Å²) in [6.07, 6.45) is 0. The van der Waals surface area contributed by atoms with E-state index in [0.717, 1.165) is 10.6 Å². The van der Waals surface area contributed by atoms with E-state index in [1.807, 2.05) is 17.5 Å². The minimum atomic E-state index is -0.439. The van der Waals surface area contributed by atoms with Gasteiger partial charge in [-0.15, -0.1) is 11.3 Å². The van der Waals surface area contributed by atoms with Crippen molar-refractivity contribution in [3.05, 3.63) is 51.8 Å². The van der Waals surface area contributed by atoms with E-state index in [2.05, 4.69) is 25.7 Å². The van der Waals surface area contributed by atoms with Gasteiger partial charge in [0.2, 0.25) is 0 Å². The van der Waals surface area contributed by atoms with E-state index >= 15 is 0 Å². The Morgan fingerprint density at radius 3 is 2.80 bits per heavy atom. The standard InChI is InChI=1S/C12H9N5O2S/c18-11-4-3-7(14-17-11)12(19)13-10-6-8(15-16-10)9-2-1-5-20-9/h1-6H,(H,17,18)(H2,13,15,16,19). The molecule has 3 rings (SSSR count). The Bertz CT molecular complexity index is 770. The molecule has 0 atom stereocenters. The predicted octanol–water partition coefficient (Wildman–Crippen LogP) is 1.47. The number of carbonyl (C=O) groups is 1. The van der Waals surface area contributed by atoms with E-state index in [-0.39, 0.29) is 11.3 Å². The van der Waals surface area contributed by atoms with Gasteiger partial charge in [-0.05, 0) is 17.5 Å². The fourth-order valence-electron chi connectivity index (χ4n) is 1.60. The van der Waals surface area contributed by atoms with E-state index in [1.54, 1.807) is 17.4 Å². The number of aromatic amines is 2. The number of thiophene rings is 1. The Morgan fingerprint density at radius 2 is 2.10 bits per heavy atom. The normalized spacial score (nSPS) is 10.4. The molecule has 0 spiro atoms. The highest BCUT2D eigenvalue weighted by molar-refractivity contribution is 7.13. The number of carbonyl (C=O) groups excluding carboxylic acids is 1. The summed E-state index contributed by atoms with van der Waals surface area (Å²) in [4.78, 5) is 23.8. The topological polar surface area (TPSA) is 104 Å². The highest BCUT2D eigenvalue weighted by atomic mass is 32.1. The van der Waals surface area contributed by atoms with Crippen molar-refractivity contribution in [2.24, 2.45) is 0 Å². The van der Waals surface area contributed by atoms with Crippen molar-refractivity contribution in [1.82, 2.24) is 20.4 Å². The lowest BCUT2D eigenvalue weighted by Gasteiger charge is -1.99. The van der Waals surface area contributed by atoms with Gasteiger partial charge in [-0.1, -0.05) is 6.07 Å². The molecule has 1 amide bonds. The van der Waals surface area contributed by atoms with Crippen molar-refractivity contribution in [1.29, 1.82) is 0 Å². The Labute approximate surface area is 116 Å². The summed E-state index contributed by atoms with van der Waals surface area (Å²) in [6.45, 7) is 0. The second kappa shape index (κ2) is 5.10. The molecule has 0 aliphatic carbocycles. The highest BCUT2D eigenvalue weighted by Gasteiger charge is 2.11. The first-order valence-corrected chi connectivity index (χ1v) is 6.57. The number of H-pyrrole nitrogens is 2. The average molecular weight is 287 g/mol. The summed E-state index contributed by atoms with van der Waals surface area (Å²) in [5, 5.41) is 17.2. The number of rotatable bonds is 3. The van der Waals surface area contributed by atoms with Gasteiger partial charge in [0.15, 0.2) is 5.82 Å². The minimum Gasteiger partial charge on any atom is -0.304 e. The number of hydrogen-bond acceptors (Lipinski definition) is 5. The quantitative estimate of drug-likeness (QED) is 0.678. The third kappa shape index (κ3) is 2.50. The molecular weight excluding hydrogens is 278 g/mol. The average Bonchev–Trinajstić information content (AvgIpc) is 3.09. The summed E-state index contributed by atoms with van der Waals surface area (Å²) >= 11 is 1.57. The van der Waals surface area contributed by atoms with E-state index in [9.17, 15) is 9.59 Å². The smallest absolute Gasteiger partial charge is 0.277 e. The number of hydrogen-bond donors (Lipinski definition) is 3. The zero-order valence-electron chi connectivity index (χ0n) is 10.1. The summed E-state index contributed by atoms with van der Waals surface area (Å²) in [5.74, 6) is -0.0446. The first-order chi connectivity index (χ1) is 9.72. The lowest BCUT2D eigenvalue weighted by atomic mass is 10.3.